The molecule has 6 nitrogen and oxygen atoms in total. The van der Waals surface area contributed by atoms with Crippen molar-refractivity contribution < 1.29 is 17.9 Å². The number of hydrogen-bond donors (Lipinski definition) is 1. The number of anilines is 2. The van der Waals surface area contributed by atoms with E-state index in [1.165, 1.54) is 4.31 Å². The lowest BCUT2D eigenvalue weighted by atomic mass is 10.2. The van der Waals surface area contributed by atoms with Gasteiger partial charge in [0.05, 0.1) is 28.5 Å². The van der Waals surface area contributed by atoms with Crippen LogP contribution < -0.4 is 14.4 Å². The van der Waals surface area contributed by atoms with Crippen LogP contribution in [0.3, 0.4) is 0 Å². The summed E-state index contributed by atoms with van der Waals surface area (Å²) in [6.45, 7) is -0.00860. The average molecular weight is 479 g/mol. The molecule has 3 aromatic rings. The monoisotopic (exact) mass is 478 g/mol. The third-order valence-corrected chi connectivity index (χ3v) is 6.15. The molecule has 0 aromatic heterocycles. The molecule has 0 aliphatic heterocycles. The van der Waals surface area contributed by atoms with E-state index in [2.05, 4.69) is 5.32 Å². The molecule has 0 bridgehead atoms. The first kappa shape index (κ1) is 22.9. The van der Waals surface area contributed by atoms with Crippen molar-refractivity contribution in [2.24, 2.45) is 0 Å². The van der Waals surface area contributed by atoms with Crippen molar-refractivity contribution >= 4 is 50.5 Å². The molecule has 162 valence electrons. The second kappa shape index (κ2) is 10.0. The minimum absolute atomic E-state index is 0.214. The minimum Gasteiger partial charge on any atom is -0.484 e. The van der Waals surface area contributed by atoms with Gasteiger partial charge in [-0.2, -0.15) is 0 Å². The number of nitrogens with one attached hydrogen (secondary N) is 1. The third-order valence-electron chi connectivity index (χ3n) is 4.27. The molecule has 0 saturated heterocycles. The van der Waals surface area contributed by atoms with Crippen LogP contribution in [-0.4, -0.2) is 27.2 Å². The Balaban J connectivity index is 1.63. The van der Waals surface area contributed by atoms with E-state index in [0.29, 0.717) is 27.2 Å². The van der Waals surface area contributed by atoms with Crippen LogP contribution in [0, 0.1) is 0 Å². The van der Waals surface area contributed by atoms with Crippen molar-refractivity contribution in [1.82, 2.24) is 0 Å². The van der Waals surface area contributed by atoms with Gasteiger partial charge in [0, 0.05) is 5.69 Å². The van der Waals surface area contributed by atoms with E-state index < -0.39 is 10.0 Å². The molecule has 0 atom stereocenters. The summed E-state index contributed by atoms with van der Waals surface area (Å²) in [7, 11) is -3.49. The van der Waals surface area contributed by atoms with E-state index in [-0.39, 0.29) is 19.1 Å². The van der Waals surface area contributed by atoms with Crippen LogP contribution >= 0.6 is 23.2 Å². The molecule has 0 spiro atoms. The lowest BCUT2D eigenvalue weighted by molar-refractivity contribution is -0.118. The SMILES string of the molecule is CS(=O)(=O)N(Cc1ccccc1)c1ccc(OCC(=O)Nc2ccc(Cl)c(Cl)c2)cc1. The van der Waals surface area contributed by atoms with Crippen molar-refractivity contribution in [1.29, 1.82) is 0 Å². The maximum absolute atomic E-state index is 12.3. The van der Waals surface area contributed by atoms with Crippen molar-refractivity contribution in [2.45, 2.75) is 6.54 Å². The molecule has 1 amide bonds. The van der Waals surface area contributed by atoms with Gasteiger partial charge in [-0.05, 0) is 48.0 Å². The molecule has 3 aromatic carbocycles. The van der Waals surface area contributed by atoms with Crippen molar-refractivity contribution in [2.75, 3.05) is 22.5 Å². The minimum atomic E-state index is -3.49. The fourth-order valence-corrected chi connectivity index (χ4v) is 3.96. The summed E-state index contributed by atoms with van der Waals surface area (Å²) in [6.07, 6.45) is 1.16. The van der Waals surface area contributed by atoms with Gasteiger partial charge >= 0.3 is 0 Å². The molecule has 0 aliphatic rings. The van der Waals surface area contributed by atoms with E-state index in [1.54, 1.807) is 42.5 Å². The number of halogens is 2. The highest BCUT2D eigenvalue weighted by Gasteiger charge is 2.18. The topological polar surface area (TPSA) is 75.7 Å². The molecule has 0 aliphatic carbocycles. The average Bonchev–Trinajstić information content (AvgIpc) is 2.74. The Morgan fingerprint density at radius 3 is 2.26 bits per heavy atom. The molecule has 0 fully saturated rings. The standard InChI is InChI=1S/C22H20Cl2N2O4S/c1-31(28,29)26(14-16-5-3-2-4-6-16)18-8-10-19(11-9-18)30-15-22(27)25-17-7-12-20(23)21(24)13-17/h2-13H,14-15H2,1H3,(H,25,27). The molecule has 0 saturated carbocycles. The van der Waals surface area contributed by atoms with E-state index in [9.17, 15) is 13.2 Å². The Hall–Kier alpha value is -2.74. The predicted molar refractivity (Wildman–Crippen MR) is 124 cm³/mol. The van der Waals surface area contributed by atoms with Gasteiger partial charge in [0.2, 0.25) is 10.0 Å². The number of hydrogen-bond acceptors (Lipinski definition) is 4. The first-order valence-corrected chi connectivity index (χ1v) is 11.8. The predicted octanol–water partition coefficient (Wildman–Crippen LogP) is 4.98. The van der Waals surface area contributed by atoms with Crippen LogP contribution in [-0.2, 0) is 21.4 Å². The molecule has 0 heterocycles. The Morgan fingerprint density at radius 2 is 1.65 bits per heavy atom. The van der Waals surface area contributed by atoms with Crippen LogP contribution in [0.4, 0.5) is 11.4 Å². The number of carbonyl (C=O) groups is 1. The Labute approximate surface area is 191 Å². The fourth-order valence-electron chi connectivity index (χ4n) is 2.78. The summed E-state index contributed by atoms with van der Waals surface area (Å²) in [5.74, 6) is 0.0607. The first-order chi connectivity index (χ1) is 14.7. The van der Waals surface area contributed by atoms with Gasteiger partial charge in [-0.1, -0.05) is 53.5 Å². The highest BCUT2D eigenvalue weighted by atomic mass is 35.5. The number of amides is 1. The van der Waals surface area contributed by atoms with E-state index in [4.69, 9.17) is 27.9 Å². The number of nitrogens with zero attached hydrogens (tertiary/aromatic N) is 1. The third kappa shape index (κ3) is 6.62. The normalized spacial score (nSPS) is 11.1. The first-order valence-electron chi connectivity index (χ1n) is 9.22. The number of carbonyl (C=O) groups excluding carboxylic acids is 1. The van der Waals surface area contributed by atoms with E-state index in [1.807, 2.05) is 30.3 Å². The zero-order chi connectivity index (χ0) is 22.4. The zero-order valence-corrected chi connectivity index (χ0v) is 18.9. The smallest absolute Gasteiger partial charge is 0.262 e. The van der Waals surface area contributed by atoms with Gasteiger partial charge in [0.1, 0.15) is 5.75 Å². The molecule has 0 unspecified atom stereocenters. The maximum atomic E-state index is 12.3. The zero-order valence-electron chi connectivity index (χ0n) is 16.6. The summed E-state index contributed by atoms with van der Waals surface area (Å²) in [4.78, 5) is 12.1. The van der Waals surface area contributed by atoms with Gasteiger partial charge in [0.15, 0.2) is 6.61 Å². The van der Waals surface area contributed by atoms with Crippen LogP contribution in [0.2, 0.25) is 10.0 Å². The van der Waals surface area contributed by atoms with Crippen LogP contribution in [0.1, 0.15) is 5.56 Å². The number of sulfonamides is 1. The second-order valence-corrected chi connectivity index (χ2v) is 9.44. The van der Waals surface area contributed by atoms with Crippen LogP contribution in [0.25, 0.3) is 0 Å². The van der Waals surface area contributed by atoms with Gasteiger partial charge in [-0.3, -0.25) is 9.10 Å². The molecule has 1 N–H and O–H groups in total. The van der Waals surface area contributed by atoms with Gasteiger partial charge in [0.25, 0.3) is 5.91 Å². The molecular formula is C22H20Cl2N2O4S. The summed E-state index contributed by atoms with van der Waals surface area (Å²) in [6, 6.07) is 20.6. The summed E-state index contributed by atoms with van der Waals surface area (Å²) >= 11 is 11.8. The molecule has 9 heteroatoms. The number of rotatable bonds is 8. The molecule has 0 radical (unpaired) electrons. The van der Waals surface area contributed by atoms with Crippen LogP contribution in [0.15, 0.2) is 72.8 Å². The van der Waals surface area contributed by atoms with E-state index in [0.717, 1.165) is 11.8 Å². The lowest BCUT2D eigenvalue weighted by Gasteiger charge is -2.22. The summed E-state index contributed by atoms with van der Waals surface area (Å²) in [5.41, 5.74) is 1.87. The number of benzene rings is 3. The van der Waals surface area contributed by atoms with E-state index >= 15 is 0 Å². The molecule has 31 heavy (non-hydrogen) atoms. The van der Waals surface area contributed by atoms with Gasteiger partial charge < -0.3 is 10.1 Å². The maximum Gasteiger partial charge on any atom is 0.262 e. The van der Waals surface area contributed by atoms with Gasteiger partial charge in [-0.15, -0.1) is 0 Å². The largest absolute Gasteiger partial charge is 0.484 e. The van der Waals surface area contributed by atoms with Crippen LogP contribution in [0.5, 0.6) is 5.75 Å². The Bertz CT molecular complexity index is 1150. The molecule has 3 rings (SSSR count). The highest BCUT2D eigenvalue weighted by molar-refractivity contribution is 7.92. The quantitative estimate of drug-likeness (QED) is 0.495. The molecular weight excluding hydrogens is 459 g/mol. The second-order valence-electron chi connectivity index (χ2n) is 6.71. The Morgan fingerprint density at radius 1 is 0.968 bits per heavy atom. The Kier molecular flexibility index (Phi) is 7.43. The summed E-state index contributed by atoms with van der Waals surface area (Å²) < 4.78 is 31.4. The lowest BCUT2D eigenvalue weighted by Crippen LogP contribution is -2.29. The van der Waals surface area contributed by atoms with Crippen molar-refractivity contribution in [3.8, 4) is 5.75 Å². The number of ether oxygens (including phenoxy) is 1. The van der Waals surface area contributed by atoms with Crippen molar-refractivity contribution in [3.05, 3.63) is 88.4 Å². The van der Waals surface area contributed by atoms with Gasteiger partial charge in [-0.25, -0.2) is 8.42 Å². The van der Waals surface area contributed by atoms with Crippen molar-refractivity contribution in [3.63, 3.8) is 0 Å². The highest BCUT2D eigenvalue weighted by Crippen LogP contribution is 2.26. The summed E-state index contributed by atoms with van der Waals surface area (Å²) in [5, 5.41) is 3.39. The fraction of sp³-hybridized carbons (Fsp3) is 0.136.